The number of rotatable bonds is 4. The van der Waals surface area contributed by atoms with Gasteiger partial charge in [-0.3, -0.25) is 9.59 Å². The molecule has 25 heavy (non-hydrogen) atoms. The van der Waals surface area contributed by atoms with Crippen molar-refractivity contribution in [3.63, 3.8) is 0 Å². The molecule has 0 unspecified atom stereocenters. The van der Waals surface area contributed by atoms with Gasteiger partial charge in [0, 0.05) is 11.9 Å². The van der Waals surface area contributed by atoms with Crippen LogP contribution in [0.1, 0.15) is 40.4 Å². The van der Waals surface area contributed by atoms with Gasteiger partial charge in [0.05, 0.1) is 23.6 Å². The Balaban J connectivity index is 1.73. The summed E-state index contributed by atoms with van der Waals surface area (Å²) in [4.78, 5) is 29.4. The van der Waals surface area contributed by atoms with E-state index in [1.807, 2.05) is 55.8 Å². The summed E-state index contributed by atoms with van der Waals surface area (Å²) in [6, 6.07) is 9.67. The van der Waals surface area contributed by atoms with E-state index in [-0.39, 0.29) is 23.2 Å². The van der Waals surface area contributed by atoms with E-state index in [0.29, 0.717) is 0 Å². The van der Waals surface area contributed by atoms with Gasteiger partial charge < -0.3 is 10.3 Å². The third-order valence-electron chi connectivity index (χ3n) is 3.90. The second-order valence-corrected chi connectivity index (χ2v) is 5.92. The largest absolute Gasteiger partial charge is 0.344 e. The van der Waals surface area contributed by atoms with Crippen LogP contribution in [0.15, 0.2) is 47.5 Å². The second kappa shape index (κ2) is 6.72. The van der Waals surface area contributed by atoms with Gasteiger partial charge in [-0.1, -0.05) is 12.1 Å². The number of carbonyl (C=O) groups is 1. The van der Waals surface area contributed by atoms with Crippen LogP contribution in [0, 0.1) is 13.8 Å². The lowest BCUT2D eigenvalue weighted by Gasteiger charge is -2.14. The predicted octanol–water partition coefficient (Wildman–Crippen LogP) is 2.06. The zero-order valence-corrected chi connectivity index (χ0v) is 14.3. The molecule has 7 heteroatoms. The summed E-state index contributed by atoms with van der Waals surface area (Å²) in [5.74, 6) is -0.341. The standard InChI is InChI=1S/C18H19N5O2/c1-11-8-12(2)23(22-11)15-6-4-14(5-7-15)13(3)21-18(25)16-9-20-17(24)10-19-16/h4-10,13H,1-3H3,(H,20,24)(H,21,25)/t13-/m1/s1. The van der Waals surface area contributed by atoms with Gasteiger partial charge in [-0.15, -0.1) is 0 Å². The molecule has 0 saturated carbocycles. The zero-order chi connectivity index (χ0) is 18.0. The van der Waals surface area contributed by atoms with Gasteiger partial charge in [-0.25, -0.2) is 9.67 Å². The number of amides is 1. The fraction of sp³-hybridized carbons (Fsp3) is 0.222. The molecule has 0 bridgehead atoms. The summed E-state index contributed by atoms with van der Waals surface area (Å²) in [7, 11) is 0. The highest BCUT2D eigenvalue weighted by atomic mass is 16.2. The molecule has 3 rings (SSSR count). The van der Waals surface area contributed by atoms with Crippen molar-refractivity contribution in [2.24, 2.45) is 0 Å². The Hall–Kier alpha value is -3.22. The van der Waals surface area contributed by atoms with Crippen molar-refractivity contribution in [1.29, 1.82) is 0 Å². The maximum atomic E-state index is 12.2. The molecular formula is C18H19N5O2. The Bertz CT molecular complexity index is 936. The van der Waals surface area contributed by atoms with E-state index >= 15 is 0 Å². The number of hydrogen-bond donors (Lipinski definition) is 2. The molecule has 0 aliphatic carbocycles. The number of aromatic amines is 1. The Kier molecular flexibility index (Phi) is 4.47. The minimum absolute atomic E-state index is 0.172. The summed E-state index contributed by atoms with van der Waals surface area (Å²) in [5.41, 5.74) is 3.79. The molecule has 1 amide bonds. The Morgan fingerprint density at radius 3 is 2.52 bits per heavy atom. The van der Waals surface area contributed by atoms with Crippen LogP contribution in [0.3, 0.4) is 0 Å². The average Bonchev–Trinajstić information content (AvgIpc) is 2.94. The van der Waals surface area contributed by atoms with Crippen LogP contribution in [-0.4, -0.2) is 25.7 Å². The van der Waals surface area contributed by atoms with Gasteiger partial charge in [0.25, 0.3) is 11.5 Å². The van der Waals surface area contributed by atoms with Crippen molar-refractivity contribution in [2.45, 2.75) is 26.8 Å². The van der Waals surface area contributed by atoms with Gasteiger partial charge in [-0.05, 0) is 44.5 Å². The van der Waals surface area contributed by atoms with E-state index in [2.05, 4.69) is 20.4 Å². The first-order valence-electron chi connectivity index (χ1n) is 7.93. The SMILES string of the molecule is Cc1cc(C)n(-c2ccc([C@@H](C)NC(=O)c3c[nH]c(=O)cn3)cc2)n1. The number of hydrogen-bond acceptors (Lipinski definition) is 4. The number of aryl methyl sites for hydroxylation is 2. The van der Waals surface area contributed by atoms with Gasteiger partial charge in [0.2, 0.25) is 0 Å². The van der Waals surface area contributed by atoms with Gasteiger partial charge >= 0.3 is 0 Å². The maximum absolute atomic E-state index is 12.2. The highest BCUT2D eigenvalue weighted by molar-refractivity contribution is 5.92. The second-order valence-electron chi connectivity index (χ2n) is 5.92. The molecular weight excluding hydrogens is 318 g/mol. The molecule has 0 saturated heterocycles. The van der Waals surface area contributed by atoms with Crippen molar-refractivity contribution < 1.29 is 4.79 Å². The van der Waals surface area contributed by atoms with E-state index in [9.17, 15) is 9.59 Å². The molecule has 7 nitrogen and oxygen atoms in total. The lowest BCUT2D eigenvalue weighted by atomic mass is 10.1. The van der Waals surface area contributed by atoms with Crippen molar-refractivity contribution in [2.75, 3.05) is 0 Å². The summed E-state index contributed by atoms with van der Waals surface area (Å²) in [5, 5.41) is 7.32. The first-order valence-corrected chi connectivity index (χ1v) is 7.93. The quantitative estimate of drug-likeness (QED) is 0.762. The summed E-state index contributed by atoms with van der Waals surface area (Å²) in [6.45, 7) is 5.86. The Morgan fingerprint density at radius 2 is 1.96 bits per heavy atom. The number of benzene rings is 1. The van der Waals surface area contributed by atoms with Crippen LogP contribution in [-0.2, 0) is 0 Å². The lowest BCUT2D eigenvalue weighted by Crippen LogP contribution is -2.28. The van der Waals surface area contributed by atoms with Crippen LogP contribution < -0.4 is 10.9 Å². The van der Waals surface area contributed by atoms with Crippen molar-refractivity contribution >= 4 is 5.91 Å². The maximum Gasteiger partial charge on any atom is 0.271 e. The number of carbonyl (C=O) groups excluding carboxylic acids is 1. The van der Waals surface area contributed by atoms with E-state index in [1.54, 1.807) is 0 Å². The normalized spacial score (nSPS) is 12.0. The third-order valence-corrected chi connectivity index (χ3v) is 3.90. The number of nitrogens with one attached hydrogen (secondary N) is 2. The Morgan fingerprint density at radius 1 is 1.24 bits per heavy atom. The van der Waals surface area contributed by atoms with E-state index in [4.69, 9.17) is 0 Å². The summed E-state index contributed by atoms with van der Waals surface area (Å²) in [6.07, 6.45) is 2.39. The number of nitrogens with zero attached hydrogens (tertiary/aromatic N) is 3. The van der Waals surface area contributed by atoms with Crippen molar-refractivity contribution in [3.05, 3.63) is 75.7 Å². The number of aromatic nitrogens is 4. The van der Waals surface area contributed by atoms with E-state index in [1.165, 1.54) is 6.20 Å². The van der Waals surface area contributed by atoms with E-state index < -0.39 is 0 Å². The highest BCUT2D eigenvalue weighted by Gasteiger charge is 2.13. The van der Waals surface area contributed by atoms with Crippen LogP contribution in [0.5, 0.6) is 0 Å². The molecule has 1 aromatic carbocycles. The van der Waals surface area contributed by atoms with E-state index in [0.717, 1.165) is 28.8 Å². The molecule has 2 N–H and O–H groups in total. The fourth-order valence-electron chi connectivity index (χ4n) is 2.61. The predicted molar refractivity (Wildman–Crippen MR) is 93.8 cm³/mol. The topological polar surface area (TPSA) is 92.7 Å². The van der Waals surface area contributed by atoms with Crippen LogP contribution in [0.25, 0.3) is 5.69 Å². The average molecular weight is 337 g/mol. The number of H-pyrrole nitrogens is 1. The molecule has 2 aromatic heterocycles. The minimum Gasteiger partial charge on any atom is -0.344 e. The highest BCUT2D eigenvalue weighted by Crippen LogP contribution is 2.17. The molecule has 0 fully saturated rings. The van der Waals surface area contributed by atoms with Crippen LogP contribution in [0.4, 0.5) is 0 Å². The molecule has 0 aliphatic heterocycles. The summed E-state index contributed by atoms with van der Waals surface area (Å²) < 4.78 is 1.88. The van der Waals surface area contributed by atoms with Crippen molar-refractivity contribution in [3.8, 4) is 5.69 Å². The first-order chi connectivity index (χ1) is 11.9. The molecule has 1 atom stereocenters. The van der Waals surface area contributed by atoms with Crippen molar-refractivity contribution in [1.82, 2.24) is 25.1 Å². The van der Waals surface area contributed by atoms with Crippen LogP contribution >= 0.6 is 0 Å². The smallest absolute Gasteiger partial charge is 0.271 e. The molecule has 128 valence electrons. The first kappa shape index (κ1) is 16.6. The zero-order valence-electron chi connectivity index (χ0n) is 14.3. The monoisotopic (exact) mass is 337 g/mol. The fourth-order valence-corrected chi connectivity index (χ4v) is 2.61. The molecule has 0 spiro atoms. The lowest BCUT2D eigenvalue weighted by molar-refractivity contribution is 0.0934. The van der Waals surface area contributed by atoms with Gasteiger partial charge in [0.15, 0.2) is 0 Å². The summed E-state index contributed by atoms with van der Waals surface area (Å²) >= 11 is 0. The Labute approximate surface area is 144 Å². The molecule has 0 radical (unpaired) electrons. The molecule has 0 aliphatic rings. The minimum atomic E-state index is -0.343. The molecule has 3 aromatic rings. The molecule has 2 heterocycles. The van der Waals surface area contributed by atoms with Gasteiger partial charge in [-0.2, -0.15) is 5.10 Å². The van der Waals surface area contributed by atoms with Crippen LogP contribution in [0.2, 0.25) is 0 Å². The van der Waals surface area contributed by atoms with Gasteiger partial charge in [0.1, 0.15) is 5.69 Å². The third kappa shape index (κ3) is 3.65.